The Bertz CT molecular complexity index is 644. The lowest BCUT2D eigenvalue weighted by Crippen LogP contribution is -2.72. The Morgan fingerprint density at radius 1 is 1.38 bits per heavy atom. The van der Waals surface area contributed by atoms with Crippen LogP contribution in [0.2, 0.25) is 0 Å². The quantitative estimate of drug-likeness (QED) is 0.772. The van der Waals surface area contributed by atoms with Gasteiger partial charge in [0.15, 0.2) is 0 Å². The number of hydrogen-bond acceptors (Lipinski definition) is 5. The molecule has 0 saturated carbocycles. The third-order valence-corrected chi connectivity index (χ3v) is 7.15. The zero-order valence-electron chi connectivity index (χ0n) is 14.5. The van der Waals surface area contributed by atoms with Crippen LogP contribution in [0, 0.1) is 5.92 Å². The van der Waals surface area contributed by atoms with Gasteiger partial charge in [-0.1, -0.05) is 6.07 Å². The van der Waals surface area contributed by atoms with E-state index < -0.39 is 10.0 Å². The van der Waals surface area contributed by atoms with Gasteiger partial charge in [0.2, 0.25) is 10.0 Å². The van der Waals surface area contributed by atoms with Gasteiger partial charge in [0, 0.05) is 24.8 Å². The Labute approximate surface area is 144 Å². The van der Waals surface area contributed by atoms with E-state index in [9.17, 15) is 8.42 Å². The molecule has 0 radical (unpaired) electrons. The predicted octanol–water partition coefficient (Wildman–Crippen LogP) is 1.34. The third kappa shape index (κ3) is 3.64. The van der Waals surface area contributed by atoms with Crippen molar-refractivity contribution in [1.29, 1.82) is 0 Å². The molecule has 3 heterocycles. The molecule has 24 heavy (non-hydrogen) atoms. The van der Waals surface area contributed by atoms with Gasteiger partial charge in [-0.3, -0.25) is 9.88 Å². The van der Waals surface area contributed by atoms with Gasteiger partial charge in [-0.05, 0) is 51.4 Å². The normalized spacial score (nSPS) is 24.8. The number of pyridine rings is 1. The summed E-state index contributed by atoms with van der Waals surface area (Å²) in [4.78, 5) is 6.61. The molecule has 0 N–H and O–H groups in total. The molecule has 2 fully saturated rings. The lowest BCUT2D eigenvalue weighted by atomic mass is 9.77. The molecule has 1 atom stereocenters. The van der Waals surface area contributed by atoms with Crippen LogP contribution in [-0.2, 0) is 21.4 Å². The number of ether oxygens (including phenoxy) is 1. The summed E-state index contributed by atoms with van der Waals surface area (Å²) in [5.74, 6) is 0.667. The third-order valence-electron chi connectivity index (χ3n) is 5.38. The van der Waals surface area contributed by atoms with E-state index in [0.29, 0.717) is 32.2 Å². The zero-order valence-corrected chi connectivity index (χ0v) is 15.3. The van der Waals surface area contributed by atoms with Gasteiger partial charge in [-0.25, -0.2) is 8.42 Å². The Kier molecular flexibility index (Phi) is 5.24. The van der Waals surface area contributed by atoms with Crippen molar-refractivity contribution in [3.8, 4) is 0 Å². The Balaban J connectivity index is 1.51. The molecule has 1 spiro atoms. The molecule has 134 valence electrons. The lowest BCUT2D eigenvalue weighted by Gasteiger charge is -2.57. The highest BCUT2D eigenvalue weighted by atomic mass is 32.2. The van der Waals surface area contributed by atoms with Crippen molar-refractivity contribution in [3.05, 3.63) is 30.1 Å². The van der Waals surface area contributed by atoms with E-state index in [4.69, 9.17) is 4.74 Å². The minimum Gasteiger partial charge on any atom is -0.375 e. The number of likely N-dealkylation sites (tertiary alicyclic amines) is 1. The number of nitrogens with zero attached hydrogens (tertiary/aromatic N) is 3. The number of sulfonamides is 1. The largest absolute Gasteiger partial charge is 0.375 e. The molecule has 0 aliphatic carbocycles. The minimum atomic E-state index is -3.06. The smallest absolute Gasteiger partial charge is 0.213 e. The molecule has 3 rings (SSSR count). The molecule has 2 aliphatic rings. The second-order valence-corrected chi connectivity index (χ2v) is 9.27. The second kappa shape index (κ2) is 7.07. The Hall–Kier alpha value is -1.02. The van der Waals surface area contributed by atoms with Crippen LogP contribution in [0.3, 0.4) is 0 Å². The zero-order chi connectivity index (χ0) is 17.2. The monoisotopic (exact) mass is 353 g/mol. The lowest BCUT2D eigenvalue weighted by molar-refractivity contribution is -0.0601. The maximum Gasteiger partial charge on any atom is 0.213 e. The molecule has 6 nitrogen and oxygen atoms in total. The molecule has 2 aliphatic heterocycles. The van der Waals surface area contributed by atoms with E-state index in [-0.39, 0.29) is 11.3 Å². The van der Waals surface area contributed by atoms with Crippen LogP contribution >= 0.6 is 0 Å². The number of aromatic nitrogens is 1. The number of hydrogen-bond donors (Lipinski definition) is 0. The van der Waals surface area contributed by atoms with Gasteiger partial charge in [0.05, 0.1) is 24.7 Å². The molecule has 1 aromatic rings. The van der Waals surface area contributed by atoms with Crippen LogP contribution < -0.4 is 0 Å². The highest BCUT2D eigenvalue weighted by Crippen LogP contribution is 2.39. The summed E-state index contributed by atoms with van der Waals surface area (Å²) in [5, 5.41) is 0. The van der Waals surface area contributed by atoms with E-state index >= 15 is 0 Å². The Morgan fingerprint density at radius 2 is 2.17 bits per heavy atom. The van der Waals surface area contributed by atoms with Crippen molar-refractivity contribution in [2.45, 2.75) is 31.9 Å². The summed E-state index contributed by atoms with van der Waals surface area (Å²) in [7, 11) is -0.952. The maximum absolute atomic E-state index is 12.0. The maximum atomic E-state index is 12.0. The van der Waals surface area contributed by atoms with E-state index in [1.165, 1.54) is 0 Å². The molecule has 0 bridgehead atoms. The molecular formula is C17H27N3O3S. The average molecular weight is 353 g/mol. The first-order valence-corrected chi connectivity index (χ1v) is 10.2. The fourth-order valence-electron chi connectivity index (χ4n) is 3.72. The number of rotatable bonds is 6. The molecule has 2 saturated heterocycles. The predicted molar refractivity (Wildman–Crippen MR) is 93.0 cm³/mol. The van der Waals surface area contributed by atoms with Crippen molar-refractivity contribution in [1.82, 2.24) is 14.2 Å². The first kappa shape index (κ1) is 17.8. The van der Waals surface area contributed by atoms with Crippen LogP contribution in [0.15, 0.2) is 24.4 Å². The van der Waals surface area contributed by atoms with E-state index in [2.05, 4.69) is 16.9 Å². The first-order chi connectivity index (χ1) is 11.5. The van der Waals surface area contributed by atoms with Crippen molar-refractivity contribution in [2.75, 3.05) is 39.0 Å². The van der Waals surface area contributed by atoms with Crippen molar-refractivity contribution < 1.29 is 13.2 Å². The van der Waals surface area contributed by atoms with Crippen molar-refractivity contribution in [2.24, 2.45) is 5.92 Å². The van der Waals surface area contributed by atoms with Gasteiger partial charge in [0.25, 0.3) is 0 Å². The van der Waals surface area contributed by atoms with E-state index in [1.807, 2.05) is 18.2 Å². The average Bonchev–Trinajstić information content (AvgIpc) is 2.55. The molecule has 1 aromatic heterocycles. The van der Waals surface area contributed by atoms with Crippen molar-refractivity contribution in [3.63, 3.8) is 0 Å². The summed E-state index contributed by atoms with van der Waals surface area (Å²) in [6.45, 7) is 5.20. The van der Waals surface area contributed by atoms with Gasteiger partial charge in [-0.2, -0.15) is 4.31 Å². The van der Waals surface area contributed by atoms with E-state index in [1.54, 1.807) is 17.4 Å². The minimum absolute atomic E-state index is 0.000483. The van der Waals surface area contributed by atoms with Crippen LogP contribution in [0.5, 0.6) is 0 Å². The van der Waals surface area contributed by atoms with Gasteiger partial charge in [-0.15, -0.1) is 0 Å². The van der Waals surface area contributed by atoms with Crippen LogP contribution in [0.4, 0.5) is 0 Å². The standard InChI is InChI=1S/C17H27N3O3S/c1-3-24(21,22)20-13-17(14-20)10-15(7-9-19(17)2)11-23-12-16-6-4-5-8-18-16/h4-6,8,15H,3,7,9-14H2,1-2H3/t15-/m0/s1. The fourth-order valence-corrected chi connectivity index (χ4v) is 4.96. The van der Waals surface area contributed by atoms with Crippen LogP contribution in [-0.4, -0.2) is 67.2 Å². The van der Waals surface area contributed by atoms with Crippen LogP contribution in [0.1, 0.15) is 25.5 Å². The highest BCUT2D eigenvalue weighted by Gasteiger charge is 2.52. The SMILES string of the molecule is CCS(=O)(=O)N1CC2(C[C@@H](COCc3ccccn3)CCN2C)C1. The molecular weight excluding hydrogens is 326 g/mol. The molecule has 0 amide bonds. The van der Waals surface area contributed by atoms with Gasteiger partial charge < -0.3 is 4.74 Å². The highest BCUT2D eigenvalue weighted by molar-refractivity contribution is 7.89. The first-order valence-electron chi connectivity index (χ1n) is 8.62. The molecule has 0 unspecified atom stereocenters. The summed E-state index contributed by atoms with van der Waals surface area (Å²) in [6, 6.07) is 5.83. The van der Waals surface area contributed by atoms with Crippen molar-refractivity contribution >= 4 is 10.0 Å². The van der Waals surface area contributed by atoms with Crippen LogP contribution in [0.25, 0.3) is 0 Å². The number of likely N-dealkylation sites (N-methyl/N-ethyl adjacent to an activating group) is 1. The second-order valence-electron chi connectivity index (χ2n) is 7.01. The van der Waals surface area contributed by atoms with Gasteiger partial charge in [0.1, 0.15) is 0 Å². The van der Waals surface area contributed by atoms with Gasteiger partial charge >= 0.3 is 0 Å². The van der Waals surface area contributed by atoms with E-state index in [0.717, 1.165) is 25.1 Å². The number of piperidine rings is 1. The summed E-state index contributed by atoms with van der Waals surface area (Å²) in [5.41, 5.74) is 0.948. The summed E-state index contributed by atoms with van der Waals surface area (Å²) in [6.07, 6.45) is 3.88. The molecule has 7 heteroatoms. The Morgan fingerprint density at radius 3 is 2.83 bits per heavy atom. The molecule has 0 aromatic carbocycles. The fraction of sp³-hybridized carbons (Fsp3) is 0.706. The topological polar surface area (TPSA) is 62.7 Å². The summed E-state index contributed by atoms with van der Waals surface area (Å²) >= 11 is 0. The summed E-state index contributed by atoms with van der Waals surface area (Å²) < 4.78 is 31.5.